The Morgan fingerprint density at radius 1 is 1.42 bits per heavy atom. The number of carbonyl (C=O) groups excluding carboxylic acids is 1. The molecule has 19 heavy (non-hydrogen) atoms. The van der Waals surface area contributed by atoms with Crippen LogP contribution in [0.3, 0.4) is 0 Å². The van der Waals surface area contributed by atoms with Gasteiger partial charge in [-0.15, -0.1) is 0 Å². The molecule has 0 aliphatic carbocycles. The summed E-state index contributed by atoms with van der Waals surface area (Å²) in [6.07, 6.45) is 0. The molecule has 1 aliphatic heterocycles. The Morgan fingerprint density at radius 3 is 2.84 bits per heavy atom. The quantitative estimate of drug-likeness (QED) is 0.744. The van der Waals surface area contributed by atoms with Crippen molar-refractivity contribution < 1.29 is 9.53 Å². The molecule has 1 aliphatic rings. The summed E-state index contributed by atoms with van der Waals surface area (Å²) in [7, 11) is 1.52. The van der Waals surface area contributed by atoms with E-state index < -0.39 is 0 Å². The number of morpholine rings is 1. The summed E-state index contributed by atoms with van der Waals surface area (Å²) < 4.78 is 6.40. The normalized spacial score (nSPS) is 16.3. The van der Waals surface area contributed by atoms with Crippen LogP contribution in [0.5, 0.6) is 0 Å². The Balaban J connectivity index is 1.80. The lowest BCUT2D eigenvalue weighted by atomic mass is 10.3. The lowest BCUT2D eigenvalue weighted by molar-refractivity contribution is 0.0383. The number of aromatic nitrogens is 2. The van der Waals surface area contributed by atoms with Crippen LogP contribution in [0, 0.1) is 0 Å². The van der Waals surface area contributed by atoms with Gasteiger partial charge < -0.3 is 10.1 Å². The first kappa shape index (κ1) is 13.7. The number of amides is 1. The average molecular weight is 266 g/mol. The predicted octanol–water partition coefficient (Wildman–Crippen LogP) is -1.16. The molecule has 1 amide bonds. The third-order valence-electron chi connectivity index (χ3n) is 3.01. The van der Waals surface area contributed by atoms with E-state index in [4.69, 9.17) is 4.74 Å². The zero-order valence-corrected chi connectivity index (χ0v) is 11.0. The van der Waals surface area contributed by atoms with E-state index in [1.54, 1.807) is 0 Å². The van der Waals surface area contributed by atoms with Crippen molar-refractivity contribution in [2.75, 3.05) is 39.4 Å². The van der Waals surface area contributed by atoms with E-state index in [0.29, 0.717) is 6.54 Å². The smallest absolute Gasteiger partial charge is 0.271 e. The van der Waals surface area contributed by atoms with Gasteiger partial charge in [0.1, 0.15) is 5.69 Å². The van der Waals surface area contributed by atoms with Crippen molar-refractivity contribution in [1.82, 2.24) is 20.0 Å². The van der Waals surface area contributed by atoms with Crippen LogP contribution in [0.25, 0.3) is 0 Å². The fourth-order valence-electron chi connectivity index (χ4n) is 1.87. The molecule has 0 atom stereocenters. The number of hydrogen-bond donors (Lipinski definition) is 1. The fraction of sp³-hybridized carbons (Fsp3) is 0.583. The first-order valence-corrected chi connectivity index (χ1v) is 6.29. The highest BCUT2D eigenvalue weighted by Crippen LogP contribution is 1.95. The van der Waals surface area contributed by atoms with Crippen molar-refractivity contribution in [2.45, 2.75) is 0 Å². The third-order valence-corrected chi connectivity index (χ3v) is 3.01. The van der Waals surface area contributed by atoms with E-state index in [2.05, 4.69) is 15.3 Å². The second kappa shape index (κ2) is 6.44. The van der Waals surface area contributed by atoms with Crippen LogP contribution in [0.1, 0.15) is 10.5 Å². The van der Waals surface area contributed by atoms with Gasteiger partial charge in [-0.1, -0.05) is 0 Å². The monoisotopic (exact) mass is 266 g/mol. The van der Waals surface area contributed by atoms with Crippen molar-refractivity contribution in [3.63, 3.8) is 0 Å². The van der Waals surface area contributed by atoms with Gasteiger partial charge in [0, 0.05) is 39.3 Å². The van der Waals surface area contributed by atoms with Crippen LogP contribution in [-0.4, -0.2) is 60.0 Å². The zero-order chi connectivity index (χ0) is 13.7. The van der Waals surface area contributed by atoms with Crippen LogP contribution in [0.4, 0.5) is 0 Å². The molecule has 1 N–H and O–H groups in total. The summed E-state index contributed by atoms with van der Waals surface area (Å²) in [4.78, 5) is 25.2. The first-order chi connectivity index (χ1) is 9.16. The maximum Gasteiger partial charge on any atom is 0.271 e. The molecule has 104 valence electrons. The number of carbonyl (C=O) groups is 1. The number of aryl methyl sites for hydroxylation is 1. The van der Waals surface area contributed by atoms with Gasteiger partial charge in [0.15, 0.2) is 0 Å². The molecule has 1 aromatic heterocycles. The van der Waals surface area contributed by atoms with E-state index >= 15 is 0 Å². The molecule has 0 spiro atoms. The molecule has 0 aromatic carbocycles. The van der Waals surface area contributed by atoms with Gasteiger partial charge >= 0.3 is 0 Å². The Labute approximate surface area is 111 Å². The Kier molecular flexibility index (Phi) is 4.64. The van der Waals surface area contributed by atoms with Crippen molar-refractivity contribution >= 4 is 5.91 Å². The van der Waals surface area contributed by atoms with E-state index in [1.165, 1.54) is 19.2 Å². The molecule has 2 heterocycles. The van der Waals surface area contributed by atoms with Gasteiger partial charge in [-0.25, -0.2) is 4.68 Å². The number of rotatable bonds is 4. The molecule has 7 nitrogen and oxygen atoms in total. The lowest BCUT2D eigenvalue weighted by Crippen LogP contribution is -2.41. The Bertz CT molecular complexity index is 494. The third kappa shape index (κ3) is 3.87. The maximum atomic E-state index is 11.8. The molecule has 1 saturated heterocycles. The predicted molar refractivity (Wildman–Crippen MR) is 69.1 cm³/mol. The van der Waals surface area contributed by atoms with Gasteiger partial charge in [0.2, 0.25) is 0 Å². The van der Waals surface area contributed by atoms with E-state index in [1.807, 2.05) is 0 Å². The highest BCUT2D eigenvalue weighted by Gasteiger charge is 2.11. The second-order valence-electron chi connectivity index (χ2n) is 4.39. The average Bonchev–Trinajstić information content (AvgIpc) is 2.43. The minimum atomic E-state index is -0.260. The summed E-state index contributed by atoms with van der Waals surface area (Å²) in [5, 5.41) is 6.69. The van der Waals surface area contributed by atoms with E-state index in [-0.39, 0.29) is 17.2 Å². The largest absolute Gasteiger partial charge is 0.379 e. The van der Waals surface area contributed by atoms with Crippen LogP contribution >= 0.6 is 0 Å². The summed E-state index contributed by atoms with van der Waals surface area (Å²) >= 11 is 0. The highest BCUT2D eigenvalue weighted by molar-refractivity contribution is 5.91. The molecule has 0 radical (unpaired) electrons. The minimum absolute atomic E-state index is 0.232. The number of ether oxygens (including phenoxy) is 1. The Hall–Kier alpha value is -1.73. The topological polar surface area (TPSA) is 76.5 Å². The molecular weight excluding hydrogens is 248 g/mol. The second-order valence-corrected chi connectivity index (χ2v) is 4.39. The van der Waals surface area contributed by atoms with Gasteiger partial charge in [0.05, 0.1) is 13.2 Å². The van der Waals surface area contributed by atoms with Crippen molar-refractivity contribution in [2.24, 2.45) is 7.05 Å². The SMILES string of the molecule is Cn1nc(C(=O)NCCN2CCOCC2)ccc1=O. The summed E-state index contributed by atoms with van der Waals surface area (Å²) in [5.41, 5.74) is 0.0222. The first-order valence-electron chi connectivity index (χ1n) is 6.29. The molecule has 0 saturated carbocycles. The van der Waals surface area contributed by atoms with Crippen molar-refractivity contribution in [3.05, 3.63) is 28.2 Å². The molecule has 2 rings (SSSR count). The maximum absolute atomic E-state index is 11.8. The summed E-state index contributed by atoms with van der Waals surface area (Å²) in [5.74, 6) is -0.260. The van der Waals surface area contributed by atoms with Crippen LogP contribution in [0.15, 0.2) is 16.9 Å². The van der Waals surface area contributed by atoms with Gasteiger partial charge in [-0.2, -0.15) is 5.10 Å². The van der Waals surface area contributed by atoms with Crippen LogP contribution < -0.4 is 10.9 Å². The summed E-state index contributed by atoms with van der Waals surface area (Å²) in [6.45, 7) is 4.64. The lowest BCUT2D eigenvalue weighted by Gasteiger charge is -2.26. The van der Waals surface area contributed by atoms with Crippen LogP contribution in [-0.2, 0) is 11.8 Å². The fourth-order valence-corrected chi connectivity index (χ4v) is 1.87. The van der Waals surface area contributed by atoms with Gasteiger partial charge in [-0.3, -0.25) is 14.5 Å². The molecular formula is C12H18N4O3. The van der Waals surface area contributed by atoms with E-state index in [0.717, 1.165) is 37.5 Å². The number of hydrogen-bond acceptors (Lipinski definition) is 5. The van der Waals surface area contributed by atoms with Gasteiger partial charge in [0.25, 0.3) is 11.5 Å². The van der Waals surface area contributed by atoms with Crippen molar-refractivity contribution in [3.8, 4) is 0 Å². The van der Waals surface area contributed by atoms with E-state index in [9.17, 15) is 9.59 Å². The van der Waals surface area contributed by atoms with Crippen LogP contribution in [0.2, 0.25) is 0 Å². The van der Waals surface area contributed by atoms with Gasteiger partial charge in [-0.05, 0) is 6.07 Å². The molecule has 1 aromatic rings. The standard InChI is InChI=1S/C12H18N4O3/c1-15-11(17)3-2-10(14-15)12(18)13-4-5-16-6-8-19-9-7-16/h2-3H,4-9H2,1H3,(H,13,18). The highest BCUT2D eigenvalue weighted by atomic mass is 16.5. The number of nitrogens with one attached hydrogen (secondary N) is 1. The van der Waals surface area contributed by atoms with Crippen molar-refractivity contribution in [1.29, 1.82) is 0 Å². The minimum Gasteiger partial charge on any atom is -0.379 e. The Morgan fingerprint density at radius 2 is 2.16 bits per heavy atom. The molecule has 1 fully saturated rings. The summed E-state index contributed by atoms with van der Waals surface area (Å²) in [6, 6.07) is 2.77. The molecule has 0 unspecified atom stereocenters. The molecule has 0 bridgehead atoms. The molecule has 7 heteroatoms. The number of nitrogens with zero attached hydrogens (tertiary/aromatic N) is 3. The zero-order valence-electron chi connectivity index (χ0n) is 11.0.